The van der Waals surface area contributed by atoms with E-state index in [4.69, 9.17) is 0 Å². The molecular formula is C54H32N2S2. The lowest BCUT2D eigenvalue weighted by molar-refractivity contribution is 1.18. The fourth-order valence-corrected chi connectivity index (χ4v) is 12.1. The molecule has 0 N–H and O–H groups in total. The van der Waals surface area contributed by atoms with E-state index in [-0.39, 0.29) is 0 Å². The summed E-state index contributed by atoms with van der Waals surface area (Å²) in [4.78, 5) is 0. The summed E-state index contributed by atoms with van der Waals surface area (Å²) >= 11 is 3.86. The van der Waals surface area contributed by atoms with Crippen molar-refractivity contribution in [3.63, 3.8) is 0 Å². The normalized spacial score (nSPS) is 12.1. The van der Waals surface area contributed by atoms with Gasteiger partial charge >= 0.3 is 0 Å². The number of thiophene rings is 2. The van der Waals surface area contributed by atoms with Crippen LogP contribution in [0.15, 0.2) is 194 Å². The number of para-hydroxylation sites is 4. The molecule has 0 saturated heterocycles. The van der Waals surface area contributed by atoms with E-state index in [1.54, 1.807) is 0 Å². The fraction of sp³-hybridized carbons (Fsp3) is 0. The van der Waals surface area contributed by atoms with Gasteiger partial charge in [0.15, 0.2) is 0 Å². The Morgan fingerprint density at radius 1 is 0.259 bits per heavy atom. The van der Waals surface area contributed by atoms with Crippen LogP contribution >= 0.6 is 22.7 Å². The predicted molar refractivity (Wildman–Crippen MR) is 252 cm³/mol. The van der Waals surface area contributed by atoms with E-state index in [0.717, 1.165) is 0 Å². The molecule has 13 aromatic rings. The molecule has 0 aliphatic carbocycles. The lowest BCUT2D eigenvalue weighted by atomic mass is 10.0. The summed E-state index contributed by atoms with van der Waals surface area (Å²) in [6, 6.07) is 71.6. The van der Waals surface area contributed by atoms with E-state index in [9.17, 15) is 0 Å². The third kappa shape index (κ3) is 4.64. The van der Waals surface area contributed by atoms with E-state index in [2.05, 4.69) is 203 Å². The van der Waals surface area contributed by atoms with E-state index < -0.39 is 0 Å². The molecule has 0 atom stereocenters. The van der Waals surface area contributed by atoms with Gasteiger partial charge in [0.25, 0.3) is 0 Å². The van der Waals surface area contributed by atoms with Gasteiger partial charge in [-0.05, 0) is 82.9 Å². The molecule has 58 heavy (non-hydrogen) atoms. The van der Waals surface area contributed by atoms with Gasteiger partial charge in [-0.2, -0.15) is 0 Å². The van der Waals surface area contributed by atoms with Gasteiger partial charge in [-0.15, -0.1) is 22.7 Å². The van der Waals surface area contributed by atoms with E-state index in [1.807, 2.05) is 22.7 Å². The van der Waals surface area contributed by atoms with Crippen LogP contribution in [0.1, 0.15) is 0 Å². The molecule has 0 bridgehead atoms. The third-order valence-corrected chi connectivity index (χ3v) is 14.6. The standard InChI is InChI=1S/C54H32N2S2/c1-3-11-37(12-4-1)55-47-17-9-7-15-39(47)41-23-19-33(29-49(41)55)35-21-25-43-45-27-28-46-44-26-22-36(32-52(44)58-54(46)53(45)57-51(43)31-35)34-20-24-42-40-16-8-10-18-48(40)56(50(42)30-34)38-13-5-2-6-14-38/h1-32H. The average Bonchev–Trinajstić information content (AvgIpc) is 4.03. The van der Waals surface area contributed by atoms with Gasteiger partial charge in [0.05, 0.1) is 31.5 Å². The van der Waals surface area contributed by atoms with Crippen molar-refractivity contribution in [1.29, 1.82) is 0 Å². The van der Waals surface area contributed by atoms with Gasteiger partial charge in [0.2, 0.25) is 0 Å². The maximum Gasteiger partial charge on any atom is 0.0547 e. The largest absolute Gasteiger partial charge is 0.309 e. The first-order valence-electron chi connectivity index (χ1n) is 19.7. The summed E-state index contributed by atoms with van der Waals surface area (Å²) in [6.07, 6.45) is 0. The van der Waals surface area contributed by atoms with Crippen LogP contribution in [-0.2, 0) is 0 Å². The second-order valence-electron chi connectivity index (χ2n) is 15.3. The molecule has 4 heterocycles. The summed E-state index contributed by atoms with van der Waals surface area (Å²) in [5.41, 5.74) is 12.2. The topological polar surface area (TPSA) is 9.86 Å². The fourth-order valence-electron chi connectivity index (χ4n) is 9.44. The van der Waals surface area contributed by atoms with Crippen molar-refractivity contribution in [2.75, 3.05) is 0 Å². The molecule has 0 saturated carbocycles. The Hall–Kier alpha value is -6.98. The van der Waals surface area contributed by atoms with Gasteiger partial charge in [0.1, 0.15) is 0 Å². The van der Waals surface area contributed by atoms with Crippen molar-refractivity contribution >= 4 is 107 Å². The molecule has 0 radical (unpaired) electrons. The van der Waals surface area contributed by atoms with Gasteiger partial charge in [0, 0.05) is 63.9 Å². The Labute approximate surface area is 341 Å². The van der Waals surface area contributed by atoms with Crippen molar-refractivity contribution in [2.24, 2.45) is 0 Å². The minimum absolute atomic E-state index is 1.18. The highest BCUT2D eigenvalue weighted by atomic mass is 32.1. The minimum atomic E-state index is 1.18. The zero-order valence-corrected chi connectivity index (χ0v) is 32.8. The SMILES string of the molecule is c1ccc(-n2c3ccccc3c3ccc(-c4ccc5c(c4)sc4c5ccc5c6ccc(-c7ccc8c9ccccc9n(-c9ccccc9)c8c7)cc6sc54)cc32)cc1. The summed E-state index contributed by atoms with van der Waals surface area (Å²) in [5, 5.41) is 10.4. The molecule has 4 heteroatoms. The molecule has 0 spiro atoms. The lowest BCUT2D eigenvalue weighted by Gasteiger charge is -2.09. The molecule has 4 aromatic heterocycles. The first kappa shape index (κ1) is 32.1. The Kier molecular flexibility index (Phi) is 6.79. The molecule has 13 rings (SSSR count). The second-order valence-corrected chi connectivity index (χ2v) is 17.4. The highest BCUT2D eigenvalue weighted by molar-refractivity contribution is 7.33. The number of hydrogen-bond donors (Lipinski definition) is 0. The van der Waals surface area contributed by atoms with Crippen LogP contribution in [0.4, 0.5) is 0 Å². The Morgan fingerprint density at radius 3 is 1.05 bits per heavy atom. The second kappa shape index (κ2) is 12.3. The van der Waals surface area contributed by atoms with Crippen molar-refractivity contribution in [3.05, 3.63) is 194 Å². The summed E-state index contributed by atoms with van der Waals surface area (Å²) in [7, 11) is 0. The number of rotatable bonds is 4. The number of fused-ring (bicyclic) bond motifs is 13. The molecule has 2 nitrogen and oxygen atoms in total. The molecule has 0 amide bonds. The van der Waals surface area contributed by atoms with Crippen LogP contribution in [0.25, 0.3) is 118 Å². The molecule has 0 aliphatic rings. The van der Waals surface area contributed by atoms with Crippen molar-refractivity contribution in [2.45, 2.75) is 0 Å². The number of benzene rings is 9. The lowest BCUT2D eigenvalue weighted by Crippen LogP contribution is -1.93. The Morgan fingerprint density at radius 2 is 0.603 bits per heavy atom. The van der Waals surface area contributed by atoms with Gasteiger partial charge in [-0.1, -0.05) is 133 Å². The molecule has 270 valence electrons. The predicted octanol–water partition coefficient (Wildman–Crippen LogP) is 16.0. The van der Waals surface area contributed by atoms with Crippen LogP contribution in [0, 0.1) is 0 Å². The zero-order chi connectivity index (χ0) is 37.9. The van der Waals surface area contributed by atoms with Crippen LogP contribution in [0.3, 0.4) is 0 Å². The highest BCUT2D eigenvalue weighted by Gasteiger charge is 2.18. The van der Waals surface area contributed by atoms with Crippen molar-refractivity contribution < 1.29 is 0 Å². The zero-order valence-electron chi connectivity index (χ0n) is 31.2. The van der Waals surface area contributed by atoms with E-state index in [1.165, 1.54) is 118 Å². The summed E-state index contributed by atoms with van der Waals surface area (Å²) < 4.78 is 10.2. The Bertz CT molecular complexity index is 3540. The number of aromatic nitrogens is 2. The van der Waals surface area contributed by atoms with Gasteiger partial charge < -0.3 is 9.13 Å². The van der Waals surface area contributed by atoms with Crippen molar-refractivity contribution in [3.8, 4) is 33.6 Å². The number of nitrogens with zero attached hydrogens (tertiary/aromatic N) is 2. The quantitative estimate of drug-likeness (QED) is 0.169. The Balaban J connectivity index is 0.929. The first-order valence-corrected chi connectivity index (χ1v) is 21.4. The first-order chi connectivity index (χ1) is 28.7. The monoisotopic (exact) mass is 772 g/mol. The van der Waals surface area contributed by atoms with Gasteiger partial charge in [-0.3, -0.25) is 0 Å². The van der Waals surface area contributed by atoms with E-state index >= 15 is 0 Å². The maximum atomic E-state index is 2.40. The number of hydrogen-bond acceptors (Lipinski definition) is 2. The van der Waals surface area contributed by atoms with Crippen LogP contribution in [0.2, 0.25) is 0 Å². The van der Waals surface area contributed by atoms with E-state index in [0.29, 0.717) is 0 Å². The minimum Gasteiger partial charge on any atom is -0.309 e. The van der Waals surface area contributed by atoms with Crippen LogP contribution in [-0.4, -0.2) is 9.13 Å². The smallest absolute Gasteiger partial charge is 0.0547 e. The van der Waals surface area contributed by atoms with Crippen LogP contribution < -0.4 is 0 Å². The van der Waals surface area contributed by atoms with Crippen LogP contribution in [0.5, 0.6) is 0 Å². The summed E-state index contributed by atoms with van der Waals surface area (Å²) in [5.74, 6) is 0. The van der Waals surface area contributed by atoms with Gasteiger partial charge in [-0.25, -0.2) is 0 Å². The molecule has 9 aromatic carbocycles. The van der Waals surface area contributed by atoms with Crippen molar-refractivity contribution in [1.82, 2.24) is 9.13 Å². The highest BCUT2D eigenvalue weighted by Crippen LogP contribution is 2.46. The molecule has 0 fully saturated rings. The molecule has 0 unspecified atom stereocenters. The summed E-state index contributed by atoms with van der Waals surface area (Å²) in [6.45, 7) is 0. The average molecular weight is 773 g/mol. The third-order valence-electron chi connectivity index (χ3n) is 12.1. The maximum absolute atomic E-state index is 2.40. The molecular weight excluding hydrogens is 741 g/mol. The molecule has 0 aliphatic heterocycles.